The molecule has 1 aliphatic heterocycles. The van der Waals surface area contributed by atoms with Crippen LogP contribution in [0.1, 0.15) is 87.6 Å². The summed E-state index contributed by atoms with van der Waals surface area (Å²) in [6, 6.07) is 0. The lowest BCUT2D eigenvalue weighted by Crippen LogP contribution is -2.32. The van der Waals surface area contributed by atoms with Crippen molar-refractivity contribution in [1.82, 2.24) is 19.8 Å². The minimum atomic E-state index is -0.247. The molecule has 1 aromatic heterocycles. The van der Waals surface area contributed by atoms with E-state index in [1.807, 2.05) is 57.6 Å². The SMILES string of the molecule is C=C/C=C\C(=C\C)C1CCCN(C)CC1.CC.CCCOC(C)(C)CCN(/C=C/C=C\C(=NC)C(=O)N(C)C)c1nc(NC)ncc1CC.[HH]. The summed E-state index contributed by atoms with van der Waals surface area (Å²) in [5.74, 6) is 2.05. The Labute approximate surface area is 301 Å². The fourth-order valence-corrected chi connectivity index (χ4v) is 5.10. The number of nitrogens with one attached hydrogen (secondary N) is 1. The van der Waals surface area contributed by atoms with Crippen molar-refractivity contribution in [2.75, 3.05) is 71.7 Å². The smallest absolute Gasteiger partial charge is 0.271 e. The molecule has 1 N–H and O–H groups in total. The van der Waals surface area contributed by atoms with Gasteiger partial charge in [-0.15, -0.1) is 0 Å². The minimum absolute atomic E-state index is 0. The van der Waals surface area contributed by atoms with Crippen LogP contribution in [0.15, 0.2) is 72.1 Å². The topological polar surface area (TPSA) is 86.2 Å². The molecule has 1 saturated heterocycles. The average molecular weight is 682 g/mol. The third kappa shape index (κ3) is 18.1. The first-order valence-corrected chi connectivity index (χ1v) is 18.1. The Kier molecular flexibility index (Phi) is 24.4. The van der Waals surface area contributed by atoms with Gasteiger partial charge in [-0.25, -0.2) is 4.98 Å². The van der Waals surface area contributed by atoms with E-state index in [2.05, 4.69) is 85.5 Å². The number of nitrogens with zero attached hydrogens (tertiary/aromatic N) is 6. The molecule has 0 spiro atoms. The summed E-state index contributed by atoms with van der Waals surface area (Å²) in [6.07, 6.45) is 24.2. The van der Waals surface area contributed by atoms with Gasteiger partial charge in [0.25, 0.3) is 5.91 Å². The van der Waals surface area contributed by atoms with Crippen molar-refractivity contribution < 1.29 is 11.0 Å². The number of amides is 1. The Morgan fingerprint density at radius 2 is 1.90 bits per heavy atom. The monoisotopic (exact) mass is 682 g/mol. The first-order valence-electron chi connectivity index (χ1n) is 18.1. The van der Waals surface area contributed by atoms with E-state index in [1.54, 1.807) is 27.2 Å². The van der Waals surface area contributed by atoms with Crippen LogP contribution in [-0.2, 0) is 16.0 Å². The fraction of sp³-hybridized carbons (Fsp3) is 0.600. The van der Waals surface area contributed by atoms with E-state index >= 15 is 0 Å². The van der Waals surface area contributed by atoms with Crippen molar-refractivity contribution >= 4 is 23.4 Å². The second-order valence-corrected chi connectivity index (χ2v) is 12.5. The van der Waals surface area contributed by atoms with E-state index in [-0.39, 0.29) is 12.9 Å². The number of anilines is 2. The summed E-state index contributed by atoms with van der Waals surface area (Å²) in [6.45, 7) is 22.2. The molecule has 1 aromatic rings. The zero-order chi connectivity index (χ0) is 37.2. The highest BCUT2D eigenvalue weighted by atomic mass is 16.5. The highest BCUT2D eigenvalue weighted by Gasteiger charge is 2.21. The lowest BCUT2D eigenvalue weighted by Gasteiger charge is -2.29. The van der Waals surface area contributed by atoms with E-state index in [9.17, 15) is 4.79 Å². The lowest BCUT2D eigenvalue weighted by molar-refractivity contribution is -0.121. The van der Waals surface area contributed by atoms with Crippen LogP contribution in [0, 0.1) is 5.92 Å². The molecule has 0 aliphatic carbocycles. The maximum Gasteiger partial charge on any atom is 0.271 e. The number of carbonyl (C=O) groups excluding carboxylic acids is 1. The molecule has 0 aromatic carbocycles. The molecule has 0 bridgehead atoms. The average Bonchev–Trinajstić information content (AvgIpc) is 3.33. The van der Waals surface area contributed by atoms with Crippen LogP contribution in [0.4, 0.5) is 11.8 Å². The van der Waals surface area contributed by atoms with Crippen molar-refractivity contribution in [1.29, 1.82) is 0 Å². The molecule has 1 unspecified atom stereocenters. The summed E-state index contributed by atoms with van der Waals surface area (Å²) in [7, 11) is 9.06. The number of aliphatic imine (C=N–C) groups is 1. The Hall–Kier alpha value is -3.56. The number of carbonyl (C=O) groups is 1. The number of ether oxygens (including phenoxy) is 1. The molecule has 0 radical (unpaired) electrons. The van der Waals surface area contributed by atoms with Gasteiger partial charge in [-0.3, -0.25) is 9.79 Å². The standard InChI is InChI=1S/C24H40N6O2.C14H23N.C2H6.H2/c1-9-17-32-24(3,4)14-16-30(21-19(10-2)18-27-23(26-6)28-21)15-12-11-13-20(25-5)22(31)29(7)8;1-4-6-8-13(5-2)14-9-7-11-15(3)12-10-14;1-2;/h11-13,15,18H,9-10,14,16-17H2,1-8H3,(H,26,27,28);4-6,8,14H,1,7,9-12H2,2-3H3;1-2H3;1H/b13-11-,15-12+,25-20?;8-6-,13-5-;;. The van der Waals surface area contributed by atoms with Crippen LogP contribution in [-0.4, -0.2) is 98.5 Å². The Bertz CT molecular complexity index is 1240. The second-order valence-electron chi connectivity index (χ2n) is 12.5. The molecule has 0 saturated carbocycles. The normalized spacial score (nSPS) is 16.1. The first-order chi connectivity index (χ1) is 23.5. The van der Waals surface area contributed by atoms with Crippen molar-refractivity contribution in [3.8, 4) is 0 Å². The van der Waals surface area contributed by atoms with Gasteiger partial charge in [-0.2, -0.15) is 4.98 Å². The highest BCUT2D eigenvalue weighted by molar-refractivity contribution is 6.43. The van der Waals surface area contributed by atoms with Gasteiger partial charge in [0, 0.05) is 60.7 Å². The van der Waals surface area contributed by atoms with Crippen LogP contribution < -0.4 is 10.2 Å². The molecular weight excluding hydrogens is 610 g/mol. The first kappa shape index (κ1) is 45.4. The van der Waals surface area contributed by atoms with Crippen molar-refractivity contribution in [2.45, 2.75) is 92.6 Å². The van der Waals surface area contributed by atoms with Gasteiger partial charge in [0.1, 0.15) is 11.5 Å². The minimum Gasteiger partial charge on any atom is -0.376 e. The van der Waals surface area contributed by atoms with Crippen LogP contribution in [0.3, 0.4) is 0 Å². The van der Waals surface area contributed by atoms with E-state index < -0.39 is 0 Å². The molecule has 1 aliphatic rings. The molecule has 1 atom stereocenters. The lowest BCUT2D eigenvalue weighted by atomic mass is 9.91. The molecule has 1 fully saturated rings. The van der Waals surface area contributed by atoms with E-state index in [1.165, 1.54) is 42.8 Å². The predicted molar refractivity (Wildman–Crippen MR) is 215 cm³/mol. The molecular formula is C40H71N7O2. The van der Waals surface area contributed by atoms with E-state index in [0.717, 1.165) is 49.7 Å². The van der Waals surface area contributed by atoms with Crippen molar-refractivity contribution in [3.63, 3.8) is 0 Å². The number of hydrogen-bond donors (Lipinski definition) is 1. The molecule has 2 rings (SSSR count). The molecule has 9 heteroatoms. The number of aryl methyl sites for hydroxylation is 1. The van der Waals surface area contributed by atoms with Gasteiger partial charge in [-0.1, -0.05) is 64.7 Å². The zero-order valence-electron chi connectivity index (χ0n) is 33.1. The van der Waals surface area contributed by atoms with Gasteiger partial charge < -0.3 is 24.8 Å². The van der Waals surface area contributed by atoms with E-state index in [0.29, 0.717) is 11.7 Å². The van der Waals surface area contributed by atoms with Crippen LogP contribution in [0.5, 0.6) is 0 Å². The van der Waals surface area contributed by atoms with Gasteiger partial charge >= 0.3 is 0 Å². The van der Waals surface area contributed by atoms with Crippen molar-refractivity contribution in [3.05, 3.63) is 72.6 Å². The molecule has 2 heterocycles. The third-order valence-corrected chi connectivity index (χ3v) is 8.05. The summed E-state index contributed by atoms with van der Waals surface area (Å²) in [5.41, 5.74) is 2.69. The van der Waals surface area contributed by atoms with E-state index in [4.69, 9.17) is 9.72 Å². The predicted octanol–water partition coefficient (Wildman–Crippen LogP) is 8.39. The van der Waals surface area contributed by atoms with Gasteiger partial charge in [0.15, 0.2) is 0 Å². The second kappa shape index (κ2) is 26.3. The number of likely N-dealkylation sites (tertiary alicyclic amines) is 1. The molecule has 9 nitrogen and oxygen atoms in total. The third-order valence-electron chi connectivity index (χ3n) is 8.05. The fourth-order valence-electron chi connectivity index (χ4n) is 5.10. The van der Waals surface area contributed by atoms with Gasteiger partial charge in [-0.05, 0) is 103 Å². The quantitative estimate of drug-likeness (QED) is 0.139. The molecule has 1 amide bonds. The van der Waals surface area contributed by atoms with Crippen molar-refractivity contribution in [2.24, 2.45) is 10.9 Å². The van der Waals surface area contributed by atoms with Crippen LogP contribution in [0.25, 0.3) is 0 Å². The number of allylic oxidation sites excluding steroid dienone is 7. The number of rotatable bonds is 16. The van der Waals surface area contributed by atoms with Crippen LogP contribution in [0.2, 0.25) is 0 Å². The Morgan fingerprint density at radius 3 is 2.47 bits per heavy atom. The highest BCUT2D eigenvalue weighted by Crippen LogP contribution is 2.26. The van der Waals surface area contributed by atoms with Crippen LogP contribution >= 0.6 is 0 Å². The number of aromatic nitrogens is 2. The summed E-state index contributed by atoms with van der Waals surface area (Å²) in [4.78, 5) is 31.3. The molecule has 49 heavy (non-hydrogen) atoms. The number of hydrogen-bond acceptors (Lipinski definition) is 8. The zero-order valence-corrected chi connectivity index (χ0v) is 33.1. The van der Waals surface area contributed by atoms with Gasteiger partial charge in [0.05, 0.1) is 5.60 Å². The Balaban J connectivity index is 0. The largest absolute Gasteiger partial charge is 0.376 e. The summed E-state index contributed by atoms with van der Waals surface area (Å²) >= 11 is 0. The Morgan fingerprint density at radius 1 is 1.18 bits per heavy atom. The molecule has 278 valence electrons. The maximum absolute atomic E-state index is 12.1. The maximum atomic E-state index is 12.1. The van der Waals surface area contributed by atoms with Gasteiger partial charge in [0.2, 0.25) is 5.95 Å². The summed E-state index contributed by atoms with van der Waals surface area (Å²) < 4.78 is 6.02. The summed E-state index contributed by atoms with van der Waals surface area (Å²) in [5, 5.41) is 3.02.